The van der Waals surface area contributed by atoms with E-state index in [2.05, 4.69) is 10.6 Å². The molecule has 41 heavy (non-hydrogen) atoms. The Balaban J connectivity index is 1.42. The van der Waals surface area contributed by atoms with Crippen LogP contribution in [0.3, 0.4) is 0 Å². The summed E-state index contributed by atoms with van der Waals surface area (Å²) in [6, 6.07) is 8.69. The van der Waals surface area contributed by atoms with Crippen LogP contribution in [0, 0.1) is 5.82 Å². The first kappa shape index (κ1) is 31.7. The lowest BCUT2D eigenvalue weighted by molar-refractivity contribution is -0.119. The fraction of sp³-hybridized carbons (Fsp3) is 0.400. The Kier molecular flexibility index (Phi) is 9.98. The van der Waals surface area contributed by atoms with E-state index in [0.717, 1.165) is 12.1 Å². The molecule has 0 aliphatic carbocycles. The number of benzene rings is 2. The molecule has 9 nitrogen and oxygen atoms in total. The summed E-state index contributed by atoms with van der Waals surface area (Å²) in [4.78, 5) is 40.7. The van der Waals surface area contributed by atoms with Crippen molar-refractivity contribution in [1.29, 1.82) is 0 Å². The molecule has 16 heteroatoms. The first-order valence-corrected chi connectivity index (χ1v) is 14.1. The van der Waals surface area contributed by atoms with Gasteiger partial charge in [-0.25, -0.2) is 18.5 Å². The van der Waals surface area contributed by atoms with E-state index in [1.807, 2.05) is 0 Å². The van der Waals surface area contributed by atoms with E-state index in [0.29, 0.717) is 17.9 Å². The van der Waals surface area contributed by atoms with Gasteiger partial charge < -0.3 is 20.3 Å². The molecule has 0 saturated carbocycles. The molecule has 2 saturated heterocycles. The van der Waals surface area contributed by atoms with Crippen LogP contribution in [-0.4, -0.2) is 77.9 Å². The first-order chi connectivity index (χ1) is 19.2. The van der Waals surface area contributed by atoms with Gasteiger partial charge in [-0.15, -0.1) is 0 Å². The highest BCUT2D eigenvalue weighted by molar-refractivity contribution is 6.68. The topological polar surface area (TPSA) is 94.2 Å². The Hall–Kier alpha value is -2.28. The minimum atomic E-state index is -2.16. The van der Waals surface area contributed by atoms with Gasteiger partial charge in [0.15, 0.2) is 6.30 Å². The number of rotatable bonds is 7. The lowest BCUT2D eigenvalue weighted by atomic mass is 10.2. The van der Waals surface area contributed by atoms with Gasteiger partial charge in [0.2, 0.25) is 9.70 Å². The number of anilines is 2. The number of amides is 3. The number of ether oxygens (including phenoxy) is 1. The van der Waals surface area contributed by atoms with E-state index in [9.17, 15) is 18.8 Å². The number of hydrogen-bond acceptors (Lipinski definition) is 6. The molecule has 3 amide bonds. The standard InChI is InChI=1S/C25H24Cl5F2N5O4/c1-13(38)33-10-17-11-37(24(40)41-17)16-4-2-15(3-5-16)35-6-7-36(20(32)12-35)23(25(28,29)30)34-22(39)18-8-14(31)9-19(26)21(18)27/h2-5,8-9,17,20,23H,6-7,10-12H2,1H3,(H,33,38)(H,34,39). The number of hydrogen-bond donors (Lipinski definition) is 2. The van der Waals surface area contributed by atoms with Gasteiger partial charge in [0.25, 0.3) is 5.91 Å². The van der Waals surface area contributed by atoms with Crippen molar-refractivity contribution in [2.45, 2.75) is 29.3 Å². The van der Waals surface area contributed by atoms with Crippen molar-refractivity contribution in [2.75, 3.05) is 42.5 Å². The molecule has 222 valence electrons. The second-order valence-electron chi connectivity index (χ2n) is 9.35. The summed E-state index contributed by atoms with van der Waals surface area (Å²) < 4.78 is 32.5. The van der Waals surface area contributed by atoms with E-state index in [-0.39, 0.29) is 47.7 Å². The van der Waals surface area contributed by atoms with Crippen molar-refractivity contribution in [1.82, 2.24) is 15.5 Å². The van der Waals surface area contributed by atoms with Crippen LogP contribution in [0.4, 0.5) is 25.0 Å². The molecule has 2 heterocycles. The third-order valence-corrected chi connectivity index (χ3v) is 7.91. The third kappa shape index (κ3) is 7.57. The summed E-state index contributed by atoms with van der Waals surface area (Å²) in [5.41, 5.74) is 0.956. The van der Waals surface area contributed by atoms with Crippen molar-refractivity contribution < 1.29 is 27.9 Å². The molecule has 0 bridgehead atoms. The number of carbonyl (C=O) groups excluding carboxylic acids is 3. The van der Waals surface area contributed by atoms with Gasteiger partial charge in [-0.05, 0) is 36.4 Å². The predicted molar refractivity (Wildman–Crippen MR) is 155 cm³/mol. The highest BCUT2D eigenvalue weighted by Gasteiger charge is 2.44. The maximum atomic E-state index is 15.5. The predicted octanol–water partition coefficient (Wildman–Crippen LogP) is 5.14. The molecule has 2 aromatic carbocycles. The van der Waals surface area contributed by atoms with Gasteiger partial charge in [-0.3, -0.25) is 14.5 Å². The molecule has 2 aliphatic heterocycles. The molecule has 2 N–H and O–H groups in total. The van der Waals surface area contributed by atoms with Crippen molar-refractivity contribution in [3.05, 3.63) is 57.8 Å². The van der Waals surface area contributed by atoms with Gasteiger partial charge in [0, 0.05) is 31.4 Å². The summed E-state index contributed by atoms with van der Waals surface area (Å²) in [5, 5.41) is 4.67. The van der Waals surface area contributed by atoms with Crippen LogP contribution < -0.4 is 20.4 Å². The largest absolute Gasteiger partial charge is 0.442 e. The number of nitrogens with zero attached hydrogens (tertiary/aromatic N) is 3. The Morgan fingerprint density at radius 2 is 1.76 bits per heavy atom. The SMILES string of the molecule is CC(=O)NCC1CN(c2ccc(N3CCN(C(NC(=O)c4cc(F)cc(Cl)c4Cl)C(Cl)(Cl)Cl)C(F)C3)cc2)C(=O)O1. The van der Waals surface area contributed by atoms with Gasteiger partial charge in [-0.2, -0.15) is 0 Å². The zero-order valence-corrected chi connectivity index (χ0v) is 25.1. The molecular weight excluding hydrogens is 650 g/mol. The van der Waals surface area contributed by atoms with Crippen LogP contribution in [0.1, 0.15) is 17.3 Å². The zero-order valence-electron chi connectivity index (χ0n) is 21.4. The maximum Gasteiger partial charge on any atom is 0.414 e. The van der Waals surface area contributed by atoms with E-state index in [4.69, 9.17) is 62.7 Å². The monoisotopic (exact) mass is 671 g/mol. The Morgan fingerprint density at radius 1 is 1.10 bits per heavy atom. The van der Waals surface area contributed by atoms with Crippen molar-refractivity contribution in [3.8, 4) is 0 Å². The Bertz CT molecular complexity index is 1320. The highest BCUT2D eigenvalue weighted by atomic mass is 35.6. The van der Waals surface area contributed by atoms with Crippen LogP contribution >= 0.6 is 58.0 Å². The van der Waals surface area contributed by atoms with Crippen LogP contribution in [0.25, 0.3) is 0 Å². The van der Waals surface area contributed by atoms with Crippen molar-refractivity contribution in [3.63, 3.8) is 0 Å². The van der Waals surface area contributed by atoms with Crippen LogP contribution in [-0.2, 0) is 9.53 Å². The molecular formula is C25H24Cl5F2N5O4. The van der Waals surface area contributed by atoms with Crippen LogP contribution in [0.15, 0.2) is 36.4 Å². The number of carbonyl (C=O) groups is 3. The van der Waals surface area contributed by atoms with E-state index < -0.39 is 40.2 Å². The molecule has 0 radical (unpaired) electrons. The molecule has 2 aliphatic rings. The third-order valence-electron chi connectivity index (χ3n) is 6.49. The smallest absolute Gasteiger partial charge is 0.414 e. The minimum Gasteiger partial charge on any atom is -0.442 e. The van der Waals surface area contributed by atoms with Crippen LogP contribution in [0.5, 0.6) is 0 Å². The van der Waals surface area contributed by atoms with Crippen molar-refractivity contribution in [2.24, 2.45) is 0 Å². The molecule has 3 atom stereocenters. The first-order valence-electron chi connectivity index (χ1n) is 12.2. The molecule has 2 fully saturated rings. The second kappa shape index (κ2) is 12.9. The average molecular weight is 674 g/mol. The fourth-order valence-corrected chi connectivity index (χ4v) is 5.44. The Labute approximate surface area is 259 Å². The van der Waals surface area contributed by atoms with E-state index in [1.165, 1.54) is 16.7 Å². The van der Waals surface area contributed by atoms with Crippen molar-refractivity contribution >= 4 is 87.3 Å². The lowest BCUT2D eigenvalue weighted by Gasteiger charge is -2.44. The highest BCUT2D eigenvalue weighted by Crippen LogP contribution is 2.36. The second-order valence-corrected chi connectivity index (χ2v) is 12.5. The summed E-state index contributed by atoms with van der Waals surface area (Å²) in [6.07, 6.45) is -4.12. The summed E-state index contributed by atoms with van der Waals surface area (Å²) in [7, 11) is 0. The summed E-state index contributed by atoms with van der Waals surface area (Å²) >= 11 is 30.3. The number of piperazine rings is 1. The van der Waals surface area contributed by atoms with E-state index >= 15 is 4.39 Å². The lowest BCUT2D eigenvalue weighted by Crippen LogP contribution is -2.63. The Morgan fingerprint density at radius 3 is 2.37 bits per heavy atom. The van der Waals surface area contributed by atoms with Gasteiger partial charge in [0.1, 0.15) is 18.1 Å². The van der Waals surface area contributed by atoms with E-state index in [1.54, 1.807) is 29.2 Å². The number of halogens is 7. The number of cyclic esters (lactones) is 1. The zero-order chi connectivity index (χ0) is 30.1. The fourth-order valence-electron chi connectivity index (χ4n) is 4.50. The minimum absolute atomic E-state index is 0.0443. The quantitative estimate of drug-likeness (QED) is 0.241. The van der Waals surface area contributed by atoms with Gasteiger partial charge >= 0.3 is 6.09 Å². The van der Waals surface area contributed by atoms with Gasteiger partial charge in [-0.1, -0.05) is 58.0 Å². The molecule has 0 spiro atoms. The summed E-state index contributed by atoms with van der Waals surface area (Å²) in [5.74, 6) is -1.93. The normalized spacial score (nSPS) is 20.5. The van der Waals surface area contributed by atoms with Gasteiger partial charge in [0.05, 0.1) is 35.2 Å². The summed E-state index contributed by atoms with van der Waals surface area (Å²) in [6.45, 7) is 2.05. The molecule has 4 rings (SSSR count). The molecule has 2 aromatic rings. The molecule has 0 aromatic heterocycles. The number of nitrogens with one attached hydrogen (secondary N) is 2. The number of alkyl halides is 4. The molecule has 3 unspecified atom stereocenters. The van der Waals surface area contributed by atoms with Crippen LogP contribution in [0.2, 0.25) is 10.0 Å². The maximum absolute atomic E-state index is 15.5. The average Bonchev–Trinajstić information content (AvgIpc) is 3.28.